The van der Waals surface area contributed by atoms with E-state index in [4.69, 9.17) is 23.2 Å². The fourth-order valence-corrected chi connectivity index (χ4v) is 5.06. The van der Waals surface area contributed by atoms with E-state index < -0.39 is 29.6 Å². The van der Waals surface area contributed by atoms with Gasteiger partial charge in [-0.15, -0.1) is 0 Å². The summed E-state index contributed by atoms with van der Waals surface area (Å²) in [6.07, 6.45) is 1.34. The Balaban J connectivity index is 1.95. The van der Waals surface area contributed by atoms with Gasteiger partial charge in [0.15, 0.2) is 0 Å². The van der Waals surface area contributed by atoms with Crippen molar-refractivity contribution in [1.82, 2.24) is 4.90 Å². The van der Waals surface area contributed by atoms with Crippen molar-refractivity contribution in [2.24, 2.45) is 11.8 Å². The minimum atomic E-state index is -0.693. The number of amides is 3. The molecule has 1 saturated carbocycles. The molecular formula is C15H11Br2Cl2NO3. The molecule has 4 atom stereocenters. The van der Waals surface area contributed by atoms with E-state index in [1.54, 1.807) is 0 Å². The first-order valence-corrected chi connectivity index (χ1v) is 9.57. The van der Waals surface area contributed by atoms with E-state index >= 15 is 0 Å². The van der Waals surface area contributed by atoms with Gasteiger partial charge in [0.05, 0.1) is 22.4 Å². The van der Waals surface area contributed by atoms with Gasteiger partial charge in [-0.3, -0.25) is 14.4 Å². The number of alkyl halides is 2. The van der Waals surface area contributed by atoms with Crippen molar-refractivity contribution >= 4 is 72.8 Å². The van der Waals surface area contributed by atoms with Crippen molar-refractivity contribution in [1.29, 1.82) is 0 Å². The van der Waals surface area contributed by atoms with E-state index in [0.717, 1.165) is 11.3 Å². The van der Waals surface area contributed by atoms with E-state index in [1.807, 2.05) is 0 Å². The van der Waals surface area contributed by atoms with E-state index in [2.05, 4.69) is 31.9 Å². The monoisotopic (exact) mass is 481 g/mol. The number of halogens is 4. The van der Waals surface area contributed by atoms with E-state index in [1.165, 1.54) is 18.2 Å². The van der Waals surface area contributed by atoms with E-state index in [-0.39, 0.29) is 20.2 Å². The van der Waals surface area contributed by atoms with E-state index in [9.17, 15) is 14.4 Å². The number of fused-ring (bicyclic) bond motifs is 1. The van der Waals surface area contributed by atoms with Crippen LogP contribution in [-0.2, 0) is 9.59 Å². The molecule has 0 radical (unpaired) electrons. The molecule has 0 spiro atoms. The minimum Gasteiger partial charge on any atom is -0.274 e. The molecule has 8 heteroatoms. The number of carbonyl (C=O) groups excluding carboxylic acids is 3. The van der Waals surface area contributed by atoms with Crippen LogP contribution in [0.15, 0.2) is 18.2 Å². The molecule has 0 N–H and O–H groups in total. The van der Waals surface area contributed by atoms with Crippen molar-refractivity contribution < 1.29 is 14.4 Å². The van der Waals surface area contributed by atoms with Crippen molar-refractivity contribution in [2.45, 2.75) is 22.5 Å². The third kappa shape index (κ3) is 2.88. The largest absolute Gasteiger partial charge is 0.274 e. The van der Waals surface area contributed by atoms with Crippen LogP contribution >= 0.6 is 55.1 Å². The molecule has 0 bridgehead atoms. The zero-order chi connectivity index (χ0) is 16.9. The summed E-state index contributed by atoms with van der Waals surface area (Å²) in [6.45, 7) is 0. The Morgan fingerprint density at radius 3 is 2.48 bits per heavy atom. The fraction of sp³-hybridized carbons (Fsp3) is 0.400. The van der Waals surface area contributed by atoms with Gasteiger partial charge < -0.3 is 0 Å². The van der Waals surface area contributed by atoms with Gasteiger partial charge in [0.25, 0.3) is 5.91 Å². The highest BCUT2D eigenvalue weighted by molar-refractivity contribution is 9.12. The van der Waals surface area contributed by atoms with Crippen LogP contribution < -0.4 is 0 Å². The van der Waals surface area contributed by atoms with Crippen LogP contribution in [0.4, 0.5) is 0 Å². The summed E-state index contributed by atoms with van der Waals surface area (Å²) in [5.41, 5.74) is 0.0953. The Kier molecular flexibility index (Phi) is 4.89. The molecule has 4 unspecified atom stereocenters. The molecular weight excluding hydrogens is 473 g/mol. The van der Waals surface area contributed by atoms with Crippen molar-refractivity contribution in [2.75, 3.05) is 0 Å². The zero-order valence-corrected chi connectivity index (χ0v) is 16.3. The summed E-state index contributed by atoms with van der Waals surface area (Å²) in [6, 6.07) is 4.34. The highest BCUT2D eigenvalue weighted by Gasteiger charge is 2.55. The second kappa shape index (κ2) is 6.47. The van der Waals surface area contributed by atoms with Crippen LogP contribution in [0.25, 0.3) is 0 Å². The number of carbonyl (C=O) groups is 3. The summed E-state index contributed by atoms with van der Waals surface area (Å²) >= 11 is 18.8. The SMILES string of the molecule is O=C(c1ccc(Cl)cc1Cl)N1C(=O)C2CCC(Br)C(Br)C2C1=O. The first-order valence-electron chi connectivity index (χ1n) is 6.98. The van der Waals surface area contributed by atoms with Crippen molar-refractivity contribution in [3.63, 3.8) is 0 Å². The van der Waals surface area contributed by atoms with Crippen LogP contribution in [-0.4, -0.2) is 32.3 Å². The quantitative estimate of drug-likeness (QED) is 0.447. The van der Waals surface area contributed by atoms with E-state index in [0.29, 0.717) is 11.4 Å². The van der Waals surface area contributed by atoms with Gasteiger partial charge in [-0.25, -0.2) is 4.90 Å². The highest BCUT2D eigenvalue weighted by Crippen LogP contribution is 2.44. The average Bonchev–Trinajstić information content (AvgIpc) is 2.74. The smallest absolute Gasteiger partial charge is 0.268 e. The first kappa shape index (κ1) is 17.4. The van der Waals surface area contributed by atoms with Gasteiger partial charge in [0.1, 0.15) is 0 Å². The maximum absolute atomic E-state index is 12.7. The summed E-state index contributed by atoms with van der Waals surface area (Å²) in [4.78, 5) is 38.5. The van der Waals surface area contributed by atoms with Gasteiger partial charge in [-0.1, -0.05) is 55.1 Å². The van der Waals surface area contributed by atoms with Crippen LogP contribution in [0.1, 0.15) is 23.2 Å². The predicted octanol–water partition coefficient (Wildman–Crippen LogP) is 4.06. The van der Waals surface area contributed by atoms with Gasteiger partial charge in [-0.05, 0) is 31.0 Å². The summed E-state index contributed by atoms with van der Waals surface area (Å²) < 4.78 is 0. The molecule has 1 aliphatic carbocycles. The third-order valence-electron chi connectivity index (χ3n) is 4.28. The zero-order valence-electron chi connectivity index (χ0n) is 11.6. The van der Waals surface area contributed by atoms with Crippen molar-refractivity contribution in [3.05, 3.63) is 33.8 Å². The lowest BCUT2D eigenvalue weighted by Gasteiger charge is -2.30. The number of rotatable bonds is 1. The molecule has 3 rings (SSSR count). The lowest BCUT2D eigenvalue weighted by Crippen LogP contribution is -2.39. The topological polar surface area (TPSA) is 54.5 Å². The maximum Gasteiger partial charge on any atom is 0.268 e. The van der Waals surface area contributed by atoms with Gasteiger partial charge in [0.2, 0.25) is 11.8 Å². The molecule has 1 aromatic carbocycles. The Morgan fingerprint density at radius 2 is 1.83 bits per heavy atom. The molecule has 23 heavy (non-hydrogen) atoms. The van der Waals surface area contributed by atoms with Crippen LogP contribution in [0.5, 0.6) is 0 Å². The second-order valence-electron chi connectivity index (χ2n) is 5.61. The normalized spacial score (nSPS) is 30.5. The molecule has 1 saturated heterocycles. The number of imide groups is 3. The standard InChI is InChI=1S/C15H11Br2Cl2NO3/c16-9-4-3-8-11(12(9)17)15(23)20(14(8)22)13(21)7-2-1-6(18)5-10(7)19/h1-2,5,8-9,11-12H,3-4H2. The number of hydrogen-bond donors (Lipinski definition) is 0. The maximum atomic E-state index is 12.7. The summed E-state index contributed by atoms with van der Waals surface area (Å²) in [5.74, 6) is -2.60. The number of nitrogens with zero attached hydrogens (tertiary/aromatic N) is 1. The molecule has 3 amide bonds. The number of benzene rings is 1. The number of hydrogen-bond acceptors (Lipinski definition) is 3. The highest BCUT2D eigenvalue weighted by atomic mass is 79.9. The molecule has 1 heterocycles. The van der Waals surface area contributed by atoms with Gasteiger partial charge in [0, 0.05) is 14.7 Å². The van der Waals surface area contributed by atoms with Crippen molar-refractivity contribution in [3.8, 4) is 0 Å². The molecule has 1 aliphatic heterocycles. The molecule has 0 aromatic heterocycles. The second-order valence-corrected chi connectivity index (χ2v) is 8.69. The first-order chi connectivity index (χ1) is 10.8. The summed E-state index contributed by atoms with van der Waals surface area (Å²) in [7, 11) is 0. The Morgan fingerprint density at radius 1 is 1.13 bits per heavy atom. The fourth-order valence-electron chi connectivity index (χ4n) is 3.12. The molecule has 4 nitrogen and oxygen atoms in total. The Bertz CT molecular complexity index is 712. The Labute approximate surface area is 159 Å². The predicted molar refractivity (Wildman–Crippen MR) is 94.3 cm³/mol. The van der Waals surface area contributed by atoms with Crippen LogP contribution in [0.2, 0.25) is 10.0 Å². The lowest BCUT2D eigenvalue weighted by molar-refractivity contribution is -0.136. The van der Waals surface area contributed by atoms with Gasteiger partial charge >= 0.3 is 0 Å². The van der Waals surface area contributed by atoms with Gasteiger partial charge in [-0.2, -0.15) is 0 Å². The molecule has 1 aromatic rings. The minimum absolute atomic E-state index is 0.0923. The molecule has 122 valence electrons. The lowest BCUT2D eigenvalue weighted by atomic mass is 9.81. The number of likely N-dealkylation sites (tertiary alicyclic amines) is 1. The Hall–Kier alpha value is -0.430. The molecule has 2 aliphatic rings. The third-order valence-corrected chi connectivity index (χ3v) is 7.78. The summed E-state index contributed by atoms with van der Waals surface area (Å²) in [5, 5.41) is 0.494. The van der Waals surface area contributed by atoms with Crippen LogP contribution in [0, 0.1) is 11.8 Å². The molecule has 2 fully saturated rings. The van der Waals surface area contributed by atoms with Crippen LogP contribution in [0.3, 0.4) is 0 Å². The average molecular weight is 484 g/mol.